The first-order valence-electron chi connectivity index (χ1n) is 4.33. The maximum atomic E-state index is 13.0. The fraction of sp³-hybridized carbons (Fsp3) is 0.300. The van der Waals surface area contributed by atoms with Crippen molar-refractivity contribution < 1.29 is 19.0 Å². The lowest BCUT2D eigenvalue weighted by Crippen LogP contribution is -2.26. The van der Waals surface area contributed by atoms with Crippen molar-refractivity contribution in [2.45, 2.75) is 6.04 Å². The number of halogens is 1. The Kier molecular flexibility index (Phi) is 3.62. The molecule has 0 radical (unpaired) electrons. The monoisotopic (exact) mass is 213 g/mol. The van der Waals surface area contributed by atoms with Gasteiger partial charge in [-0.1, -0.05) is 6.07 Å². The third-order valence-corrected chi connectivity index (χ3v) is 2.03. The van der Waals surface area contributed by atoms with Crippen molar-refractivity contribution in [3.8, 4) is 5.75 Å². The van der Waals surface area contributed by atoms with Gasteiger partial charge in [-0.25, -0.2) is 9.18 Å². The molecule has 0 spiro atoms. The second kappa shape index (κ2) is 4.75. The number of benzene rings is 1. The first-order valence-corrected chi connectivity index (χ1v) is 4.33. The topological polar surface area (TPSA) is 58.6 Å². The Labute approximate surface area is 86.7 Å². The lowest BCUT2D eigenvalue weighted by Gasteiger charge is -2.13. The standard InChI is InChI=1S/C10H12FNO3/c1-12-9(10(14)15-2)6-3-4-8(13)7(11)5-6/h3-5,9,12-13H,1-2H3. The van der Waals surface area contributed by atoms with E-state index in [0.29, 0.717) is 5.56 Å². The van der Waals surface area contributed by atoms with Gasteiger partial charge in [-0.05, 0) is 24.7 Å². The molecule has 1 aromatic rings. The molecule has 0 saturated heterocycles. The maximum Gasteiger partial charge on any atom is 0.327 e. The minimum Gasteiger partial charge on any atom is -0.505 e. The predicted molar refractivity (Wildman–Crippen MR) is 51.9 cm³/mol. The van der Waals surface area contributed by atoms with Gasteiger partial charge in [0.1, 0.15) is 6.04 Å². The highest BCUT2D eigenvalue weighted by Gasteiger charge is 2.20. The summed E-state index contributed by atoms with van der Waals surface area (Å²) in [5.74, 6) is -1.72. The Morgan fingerprint density at radius 1 is 1.60 bits per heavy atom. The van der Waals surface area contributed by atoms with Gasteiger partial charge in [-0.15, -0.1) is 0 Å². The highest BCUT2D eigenvalue weighted by Crippen LogP contribution is 2.21. The first kappa shape index (κ1) is 11.5. The summed E-state index contributed by atoms with van der Waals surface area (Å²) in [6, 6.07) is 3.01. The second-order valence-electron chi connectivity index (χ2n) is 2.96. The highest BCUT2D eigenvalue weighted by molar-refractivity contribution is 5.77. The molecule has 4 nitrogen and oxygen atoms in total. The summed E-state index contributed by atoms with van der Waals surface area (Å²) in [5.41, 5.74) is 0.402. The van der Waals surface area contributed by atoms with Gasteiger partial charge >= 0.3 is 5.97 Å². The summed E-state index contributed by atoms with van der Waals surface area (Å²) >= 11 is 0. The van der Waals surface area contributed by atoms with Crippen molar-refractivity contribution in [3.63, 3.8) is 0 Å². The summed E-state index contributed by atoms with van der Waals surface area (Å²) in [6.45, 7) is 0. The molecule has 15 heavy (non-hydrogen) atoms. The molecule has 1 atom stereocenters. The number of ether oxygens (including phenoxy) is 1. The van der Waals surface area contributed by atoms with Crippen LogP contribution in [-0.4, -0.2) is 25.2 Å². The molecule has 0 heterocycles. The molecule has 0 aliphatic rings. The lowest BCUT2D eigenvalue weighted by molar-refractivity contribution is -0.143. The number of hydrogen-bond donors (Lipinski definition) is 2. The molecule has 0 bridgehead atoms. The van der Waals surface area contributed by atoms with E-state index in [-0.39, 0.29) is 0 Å². The third-order valence-electron chi connectivity index (χ3n) is 2.03. The van der Waals surface area contributed by atoms with Gasteiger partial charge in [-0.2, -0.15) is 0 Å². The van der Waals surface area contributed by atoms with E-state index in [4.69, 9.17) is 5.11 Å². The zero-order valence-electron chi connectivity index (χ0n) is 8.45. The van der Waals surface area contributed by atoms with Gasteiger partial charge in [0, 0.05) is 0 Å². The molecule has 82 valence electrons. The molecule has 2 N–H and O–H groups in total. The minimum atomic E-state index is -0.767. The van der Waals surface area contributed by atoms with E-state index in [0.717, 1.165) is 6.07 Å². The van der Waals surface area contributed by atoms with Crippen LogP contribution in [0.5, 0.6) is 5.75 Å². The number of likely N-dealkylation sites (N-methyl/N-ethyl adjacent to an activating group) is 1. The predicted octanol–water partition coefficient (Wildman–Crippen LogP) is 0.965. The smallest absolute Gasteiger partial charge is 0.327 e. The van der Waals surface area contributed by atoms with Gasteiger partial charge in [-0.3, -0.25) is 0 Å². The molecule has 0 aliphatic heterocycles. The lowest BCUT2D eigenvalue weighted by atomic mass is 10.1. The largest absolute Gasteiger partial charge is 0.505 e. The zero-order chi connectivity index (χ0) is 11.4. The van der Waals surface area contributed by atoms with Crippen LogP contribution in [0.3, 0.4) is 0 Å². The Bertz CT molecular complexity index is 368. The number of hydrogen-bond acceptors (Lipinski definition) is 4. The Hall–Kier alpha value is -1.62. The molecule has 1 unspecified atom stereocenters. The van der Waals surface area contributed by atoms with E-state index in [2.05, 4.69) is 10.1 Å². The number of carbonyl (C=O) groups excluding carboxylic acids is 1. The molecule has 1 rings (SSSR count). The number of phenolic OH excluding ortho intramolecular Hbond substituents is 1. The number of aromatic hydroxyl groups is 1. The van der Waals surface area contributed by atoms with Crippen molar-refractivity contribution in [1.82, 2.24) is 5.32 Å². The quantitative estimate of drug-likeness (QED) is 0.734. The van der Waals surface area contributed by atoms with E-state index < -0.39 is 23.6 Å². The van der Waals surface area contributed by atoms with Crippen LogP contribution in [0.1, 0.15) is 11.6 Å². The average molecular weight is 213 g/mol. The van der Waals surface area contributed by atoms with Crippen LogP contribution in [-0.2, 0) is 9.53 Å². The minimum absolute atomic E-state index is 0.402. The van der Waals surface area contributed by atoms with Gasteiger partial charge in [0.2, 0.25) is 0 Å². The second-order valence-corrected chi connectivity index (χ2v) is 2.96. The SMILES string of the molecule is CNC(C(=O)OC)c1ccc(O)c(F)c1. The molecule has 0 aromatic heterocycles. The van der Waals surface area contributed by atoms with Gasteiger partial charge in [0.05, 0.1) is 7.11 Å². The van der Waals surface area contributed by atoms with Crippen molar-refractivity contribution in [2.75, 3.05) is 14.2 Å². The Morgan fingerprint density at radius 2 is 2.27 bits per heavy atom. The zero-order valence-corrected chi connectivity index (χ0v) is 8.45. The maximum absolute atomic E-state index is 13.0. The van der Waals surface area contributed by atoms with Crippen molar-refractivity contribution in [1.29, 1.82) is 0 Å². The van der Waals surface area contributed by atoms with E-state index in [9.17, 15) is 9.18 Å². The molecule has 0 saturated carbocycles. The normalized spacial score (nSPS) is 12.2. The van der Waals surface area contributed by atoms with Gasteiger partial charge in [0.15, 0.2) is 11.6 Å². The van der Waals surface area contributed by atoms with Crippen LogP contribution in [0.2, 0.25) is 0 Å². The average Bonchev–Trinajstić information content (AvgIpc) is 2.24. The summed E-state index contributed by atoms with van der Waals surface area (Å²) in [6.07, 6.45) is 0. The Morgan fingerprint density at radius 3 is 2.73 bits per heavy atom. The highest BCUT2D eigenvalue weighted by atomic mass is 19.1. The Balaban J connectivity index is 3.02. The van der Waals surface area contributed by atoms with Crippen molar-refractivity contribution in [2.24, 2.45) is 0 Å². The summed E-state index contributed by atoms with van der Waals surface area (Å²) in [4.78, 5) is 11.3. The first-order chi connectivity index (χ1) is 7.10. The van der Waals surface area contributed by atoms with Gasteiger partial charge in [0.25, 0.3) is 0 Å². The molecular weight excluding hydrogens is 201 g/mol. The van der Waals surface area contributed by atoms with E-state index in [1.165, 1.54) is 19.2 Å². The number of carbonyl (C=O) groups is 1. The van der Waals surface area contributed by atoms with Crippen LogP contribution in [0.15, 0.2) is 18.2 Å². The van der Waals surface area contributed by atoms with E-state index in [1.807, 2.05) is 0 Å². The fourth-order valence-corrected chi connectivity index (χ4v) is 1.24. The molecule has 0 aliphatic carbocycles. The fourth-order valence-electron chi connectivity index (χ4n) is 1.24. The van der Waals surface area contributed by atoms with Crippen LogP contribution >= 0.6 is 0 Å². The van der Waals surface area contributed by atoms with Crippen molar-refractivity contribution >= 4 is 5.97 Å². The molecule has 0 fully saturated rings. The molecule has 0 amide bonds. The summed E-state index contributed by atoms with van der Waals surface area (Å²) in [7, 11) is 2.82. The van der Waals surface area contributed by atoms with E-state index in [1.54, 1.807) is 7.05 Å². The molecular formula is C10H12FNO3. The van der Waals surface area contributed by atoms with Crippen LogP contribution in [0.4, 0.5) is 4.39 Å². The third kappa shape index (κ3) is 2.44. The number of rotatable bonds is 3. The van der Waals surface area contributed by atoms with Crippen LogP contribution < -0.4 is 5.32 Å². The van der Waals surface area contributed by atoms with Crippen LogP contribution in [0.25, 0.3) is 0 Å². The molecule has 1 aromatic carbocycles. The van der Waals surface area contributed by atoms with E-state index >= 15 is 0 Å². The molecule has 5 heteroatoms. The summed E-state index contributed by atoms with van der Waals surface area (Å²) < 4.78 is 17.6. The number of nitrogens with one attached hydrogen (secondary N) is 1. The van der Waals surface area contributed by atoms with Gasteiger partial charge < -0.3 is 15.2 Å². The van der Waals surface area contributed by atoms with Crippen LogP contribution in [0, 0.1) is 5.82 Å². The van der Waals surface area contributed by atoms with Crippen molar-refractivity contribution in [3.05, 3.63) is 29.6 Å². The number of methoxy groups -OCH3 is 1. The summed E-state index contributed by atoms with van der Waals surface area (Å²) in [5, 5.41) is 11.7. The number of esters is 1. The number of phenols is 1.